The quantitative estimate of drug-likeness (QED) is 0.546. The van der Waals surface area contributed by atoms with Gasteiger partial charge in [-0.05, 0) is 36.8 Å². The van der Waals surface area contributed by atoms with Gasteiger partial charge >= 0.3 is 0 Å². The van der Waals surface area contributed by atoms with Crippen LogP contribution in [0.25, 0.3) is 0 Å². The van der Waals surface area contributed by atoms with Crippen LogP contribution >= 0.6 is 0 Å². The number of aryl methyl sites for hydroxylation is 2. The molecule has 2 aliphatic heterocycles. The number of hydrogen-bond acceptors (Lipinski definition) is 1. The lowest BCUT2D eigenvalue weighted by Gasteiger charge is -2.37. The fourth-order valence-electron chi connectivity index (χ4n) is 2.83. The fourth-order valence-corrected chi connectivity index (χ4v) is 2.83. The SMILES string of the molecule is [B]c1cc2c3c(c1)CCCN3CCC2. The molecule has 3 rings (SSSR count). The molecule has 0 atom stereocenters. The van der Waals surface area contributed by atoms with E-state index >= 15 is 0 Å². The van der Waals surface area contributed by atoms with Crippen molar-refractivity contribution < 1.29 is 0 Å². The van der Waals surface area contributed by atoms with Crippen molar-refractivity contribution in [1.82, 2.24) is 0 Å². The summed E-state index contributed by atoms with van der Waals surface area (Å²) in [5.74, 6) is 0. The van der Waals surface area contributed by atoms with Gasteiger partial charge in [0.05, 0.1) is 0 Å². The summed E-state index contributed by atoms with van der Waals surface area (Å²) in [4.78, 5) is 2.54. The lowest BCUT2D eigenvalue weighted by molar-refractivity contribution is 0.635. The van der Waals surface area contributed by atoms with E-state index in [0.717, 1.165) is 5.46 Å². The molecule has 0 amide bonds. The normalized spacial score (nSPS) is 19.3. The third-order valence-electron chi connectivity index (χ3n) is 3.35. The zero-order valence-corrected chi connectivity index (χ0v) is 8.42. The molecule has 0 N–H and O–H groups in total. The highest BCUT2D eigenvalue weighted by atomic mass is 15.1. The van der Waals surface area contributed by atoms with E-state index in [0.29, 0.717) is 0 Å². The minimum Gasteiger partial charge on any atom is -0.371 e. The van der Waals surface area contributed by atoms with Crippen LogP contribution in [0.2, 0.25) is 0 Å². The predicted octanol–water partition coefficient (Wildman–Crippen LogP) is 1.18. The molecular formula is C12H14BN. The van der Waals surface area contributed by atoms with E-state index < -0.39 is 0 Å². The molecule has 0 unspecified atom stereocenters. The van der Waals surface area contributed by atoms with Gasteiger partial charge in [-0.2, -0.15) is 0 Å². The Morgan fingerprint density at radius 2 is 1.57 bits per heavy atom. The van der Waals surface area contributed by atoms with Gasteiger partial charge in [0.1, 0.15) is 7.85 Å². The largest absolute Gasteiger partial charge is 0.371 e. The Labute approximate surface area is 86.5 Å². The number of benzene rings is 1. The molecule has 0 saturated heterocycles. The van der Waals surface area contributed by atoms with Crippen LogP contribution in [0.1, 0.15) is 24.0 Å². The van der Waals surface area contributed by atoms with E-state index in [-0.39, 0.29) is 0 Å². The summed E-state index contributed by atoms with van der Waals surface area (Å²) >= 11 is 0. The van der Waals surface area contributed by atoms with E-state index in [4.69, 9.17) is 7.85 Å². The van der Waals surface area contributed by atoms with E-state index in [1.165, 1.54) is 55.6 Å². The summed E-state index contributed by atoms with van der Waals surface area (Å²) < 4.78 is 0. The second kappa shape index (κ2) is 3.04. The Morgan fingerprint density at radius 1 is 1.00 bits per heavy atom. The fraction of sp³-hybridized carbons (Fsp3) is 0.500. The van der Waals surface area contributed by atoms with E-state index in [1.807, 2.05) is 0 Å². The number of nitrogens with zero attached hydrogens (tertiary/aromatic N) is 1. The zero-order chi connectivity index (χ0) is 9.54. The molecule has 0 aliphatic carbocycles. The van der Waals surface area contributed by atoms with Crippen LogP contribution in [0.3, 0.4) is 0 Å². The number of rotatable bonds is 0. The van der Waals surface area contributed by atoms with Crippen molar-refractivity contribution in [3.8, 4) is 0 Å². The molecule has 70 valence electrons. The van der Waals surface area contributed by atoms with Crippen molar-refractivity contribution in [2.24, 2.45) is 0 Å². The lowest BCUT2D eigenvalue weighted by atomic mass is 9.85. The Bertz CT molecular complexity index is 342. The van der Waals surface area contributed by atoms with Crippen LogP contribution in [-0.2, 0) is 12.8 Å². The van der Waals surface area contributed by atoms with Gasteiger partial charge in [0.2, 0.25) is 0 Å². The van der Waals surface area contributed by atoms with Crippen molar-refractivity contribution in [3.05, 3.63) is 23.3 Å². The molecule has 1 aromatic carbocycles. The molecule has 1 aromatic rings. The molecule has 0 saturated carbocycles. The van der Waals surface area contributed by atoms with Crippen LogP contribution in [0.5, 0.6) is 0 Å². The highest BCUT2D eigenvalue weighted by Crippen LogP contribution is 2.33. The van der Waals surface area contributed by atoms with Crippen molar-refractivity contribution >= 4 is 19.0 Å². The van der Waals surface area contributed by atoms with Gasteiger partial charge < -0.3 is 4.90 Å². The summed E-state index contributed by atoms with van der Waals surface area (Å²) in [5.41, 5.74) is 5.41. The molecule has 2 heterocycles. The van der Waals surface area contributed by atoms with Crippen molar-refractivity contribution in [2.45, 2.75) is 25.7 Å². The first-order valence-corrected chi connectivity index (χ1v) is 5.51. The van der Waals surface area contributed by atoms with Gasteiger partial charge in [0.15, 0.2) is 0 Å². The first kappa shape index (κ1) is 8.40. The molecule has 1 nitrogen and oxygen atoms in total. The third-order valence-corrected chi connectivity index (χ3v) is 3.35. The Kier molecular flexibility index (Phi) is 1.83. The monoisotopic (exact) mass is 183 g/mol. The third kappa shape index (κ3) is 1.17. The molecule has 0 spiro atoms. The van der Waals surface area contributed by atoms with Crippen LogP contribution < -0.4 is 10.4 Å². The Hall–Kier alpha value is -0.915. The summed E-state index contributed by atoms with van der Waals surface area (Å²) in [7, 11) is 5.91. The van der Waals surface area contributed by atoms with Crippen LogP contribution in [-0.4, -0.2) is 20.9 Å². The highest BCUT2D eigenvalue weighted by Gasteiger charge is 2.23. The van der Waals surface area contributed by atoms with Crippen molar-refractivity contribution in [3.63, 3.8) is 0 Å². The van der Waals surface area contributed by atoms with Gasteiger partial charge in [-0.25, -0.2) is 0 Å². The van der Waals surface area contributed by atoms with Crippen LogP contribution in [0.15, 0.2) is 12.1 Å². The molecule has 2 radical (unpaired) electrons. The first-order chi connectivity index (χ1) is 6.84. The highest BCUT2D eigenvalue weighted by molar-refractivity contribution is 6.32. The topological polar surface area (TPSA) is 3.24 Å². The molecular weight excluding hydrogens is 169 g/mol. The van der Waals surface area contributed by atoms with E-state index in [9.17, 15) is 0 Å². The summed E-state index contributed by atoms with van der Waals surface area (Å²) in [6.07, 6.45) is 5.00. The smallest absolute Gasteiger partial charge is 0.113 e. The second-order valence-corrected chi connectivity index (χ2v) is 4.38. The van der Waals surface area contributed by atoms with Gasteiger partial charge in [0, 0.05) is 18.8 Å². The standard InChI is InChI=1S/C12H14BN/c13-11-7-9-3-1-5-14-6-2-4-10(8-11)12(9)14/h7-8H,1-6H2. The molecule has 2 heteroatoms. The van der Waals surface area contributed by atoms with Gasteiger partial charge in [-0.15, -0.1) is 0 Å². The zero-order valence-electron chi connectivity index (χ0n) is 8.42. The number of hydrogen-bond donors (Lipinski definition) is 0. The van der Waals surface area contributed by atoms with Crippen LogP contribution in [0, 0.1) is 0 Å². The van der Waals surface area contributed by atoms with E-state index in [1.54, 1.807) is 0 Å². The summed E-state index contributed by atoms with van der Waals surface area (Å²) in [5, 5.41) is 0. The van der Waals surface area contributed by atoms with Gasteiger partial charge in [-0.3, -0.25) is 0 Å². The second-order valence-electron chi connectivity index (χ2n) is 4.38. The average molecular weight is 183 g/mol. The van der Waals surface area contributed by atoms with Crippen LogP contribution in [0.4, 0.5) is 5.69 Å². The molecule has 2 aliphatic rings. The molecule has 0 bridgehead atoms. The van der Waals surface area contributed by atoms with Crippen molar-refractivity contribution in [2.75, 3.05) is 18.0 Å². The minimum atomic E-state index is 0.947. The average Bonchev–Trinajstić information content (AvgIpc) is 2.18. The van der Waals surface area contributed by atoms with Gasteiger partial charge in [0.25, 0.3) is 0 Å². The maximum Gasteiger partial charge on any atom is 0.113 e. The Balaban J connectivity index is 2.20. The molecule has 0 fully saturated rings. The summed E-state index contributed by atoms with van der Waals surface area (Å²) in [6, 6.07) is 4.33. The maximum absolute atomic E-state index is 5.91. The first-order valence-electron chi connectivity index (χ1n) is 5.51. The number of anilines is 1. The molecule has 14 heavy (non-hydrogen) atoms. The van der Waals surface area contributed by atoms with E-state index in [2.05, 4.69) is 17.0 Å². The maximum atomic E-state index is 5.91. The molecule has 0 aromatic heterocycles. The summed E-state index contributed by atoms with van der Waals surface area (Å²) in [6.45, 7) is 2.48. The van der Waals surface area contributed by atoms with Gasteiger partial charge in [-0.1, -0.05) is 17.6 Å². The predicted molar refractivity (Wildman–Crippen MR) is 60.7 cm³/mol. The Morgan fingerprint density at radius 3 is 2.14 bits per heavy atom. The lowest BCUT2D eigenvalue weighted by Crippen LogP contribution is -2.35. The minimum absolute atomic E-state index is 0.947. The van der Waals surface area contributed by atoms with Crippen molar-refractivity contribution in [1.29, 1.82) is 0 Å².